The number of hydrogen-bond acceptors (Lipinski definition) is 6. The van der Waals surface area contributed by atoms with Crippen molar-refractivity contribution in [3.05, 3.63) is 61.9 Å². The zero-order chi connectivity index (χ0) is 19.7. The highest BCUT2D eigenvalue weighted by atomic mass is 16.6. The molecule has 0 unspecified atom stereocenters. The van der Waals surface area contributed by atoms with E-state index in [4.69, 9.17) is 10.2 Å². The lowest BCUT2D eigenvalue weighted by Crippen LogP contribution is -2.39. The molecule has 2 heterocycles. The quantitative estimate of drug-likeness (QED) is 0.565. The summed E-state index contributed by atoms with van der Waals surface area (Å²) < 4.78 is 6.35. The number of aryl methyl sites for hydroxylation is 1. The Kier molecular flexibility index (Phi) is 4.80. The summed E-state index contributed by atoms with van der Waals surface area (Å²) >= 11 is 0. The van der Waals surface area contributed by atoms with Crippen molar-refractivity contribution >= 4 is 17.5 Å². The van der Waals surface area contributed by atoms with Gasteiger partial charge in [-0.2, -0.15) is 0 Å². The van der Waals surface area contributed by atoms with Gasteiger partial charge in [-0.15, -0.1) is 0 Å². The van der Waals surface area contributed by atoms with E-state index in [1.807, 2.05) is 0 Å². The Balaban J connectivity index is 1.88. The Morgan fingerprint density at radius 3 is 2.63 bits per heavy atom. The van der Waals surface area contributed by atoms with Crippen molar-refractivity contribution < 1.29 is 18.9 Å². The molecule has 0 atom stereocenters. The van der Waals surface area contributed by atoms with E-state index in [2.05, 4.69) is 0 Å². The molecule has 0 bridgehead atoms. The number of primary amides is 1. The van der Waals surface area contributed by atoms with E-state index in [9.17, 15) is 24.5 Å². The average Bonchev–Trinajstić information content (AvgIpc) is 3.35. The van der Waals surface area contributed by atoms with Gasteiger partial charge in [0, 0.05) is 12.1 Å². The number of pyridine rings is 1. The van der Waals surface area contributed by atoms with Crippen molar-refractivity contribution in [2.24, 2.45) is 5.73 Å². The van der Waals surface area contributed by atoms with Gasteiger partial charge in [0.15, 0.2) is 0 Å². The first-order valence-corrected chi connectivity index (χ1v) is 8.29. The number of nitro groups is 1. The predicted octanol–water partition coefficient (Wildman–Crippen LogP) is 0.948. The van der Waals surface area contributed by atoms with Gasteiger partial charge in [-0.05, 0) is 31.9 Å². The van der Waals surface area contributed by atoms with E-state index in [1.165, 1.54) is 0 Å². The van der Waals surface area contributed by atoms with Crippen LogP contribution in [0.2, 0.25) is 0 Å². The molecule has 0 saturated heterocycles. The molecule has 2 amide bonds. The van der Waals surface area contributed by atoms with Crippen LogP contribution in [0.3, 0.4) is 0 Å². The minimum absolute atomic E-state index is 0.0351. The van der Waals surface area contributed by atoms with Crippen LogP contribution in [0.15, 0.2) is 33.6 Å². The lowest BCUT2D eigenvalue weighted by Gasteiger charge is -2.22. The summed E-state index contributed by atoms with van der Waals surface area (Å²) in [5, 5.41) is 11.1. The third kappa shape index (κ3) is 4.05. The molecule has 2 aromatic rings. The molecular weight excluding hydrogens is 356 g/mol. The van der Waals surface area contributed by atoms with Gasteiger partial charge in [0.05, 0.1) is 17.7 Å². The second-order valence-electron chi connectivity index (χ2n) is 6.43. The molecule has 2 N–H and O–H groups in total. The van der Waals surface area contributed by atoms with Crippen LogP contribution < -0.4 is 11.3 Å². The van der Waals surface area contributed by atoms with Crippen LogP contribution in [0.4, 0.5) is 5.69 Å². The summed E-state index contributed by atoms with van der Waals surface area (Å²) in [6.07, 6.45) is 2.61. The molecule has 27 heavy (non-hydrogen) atoms. The largest absolute Gasteiger partial charge is 0.464 e. The molecule has 0 aromatic carbocycles. The van der Waals surface area contributed by atoms with Gasteiger partial charge in [-0.25, -0.2) is 0 Å². The van der Waals surface area contributed by atoms with Gasteiger partial charge >= 0.3 is 0 Å². The van der Waals surface area contributed by atoms with Crippen LogP contribution in [0, 0.1) is 17.0 Å². The van der Waals surface area contributed by atoms with Crippen LogP contribution >= 0.6 is 0 Å². The number of hydrogen-bond donors (Lipinski definition) is 1. The monoisotopic (exact) mass is 374 g/mol. The van der Waals surface area contributed by atoms with Crippen LogP contribution in [0.25, 0.3) is 0 Å². The Morgan fingerprint density at radius 2 is 2.11 bits per heavy atom. The van der Waals surface area contributed by atoms with Gasteiger partial charge in [0.1, 0.15) is 23.6 Å². The highest BCUT2D eigenvalue weighted by molar-refractivity contribution is 5.93. The number of amides is 2. The Morgan fingerprint density at radius 1 is 1.41 bits per heavy atom. The third-order valence-corrected chi connectivity index (χ3v) is 4.28. The summed E-state index contributed by atoms with van der Waals surface area (Å²) in [6, 6.07) is 4.40. The molecule has 142 valence electrons. The number of rotatable bonds is 7. The van der Waals surface area contributed by atoms with Crippen molar-refractivity contribution in [2.45, 2.75) is 38.9 Å². The molecule has 1 aliphatic rings. The van der Waals surface area contributed by atoms with E-state index in [0.717, 1.165) is 29.7 Å². The number of nitrogens with two attached hydrogens (primary N) is 1. The summed E-state index contributed by atoms with van der Waals surface area (Å²) in [5.74, 6) is -0.161. The SMILES string of the molecule is Cc1ccc(CN(C(=O)Cn2cc([N+](=O)[O-])cc(C(N)=O)c2=O)C2CC2)o1. The minimum atomic E-state index is -1.09. The van der Waals surface area contributed by atoms with E-state index in [0.29, 0.717) is 11.5 Å². The van der Waals surface area contributed by atoms with Crippen molar-refractivity contribution in [1.29, 1.82) is 0 Å². The first-order valence-electron chi connectivity index (χ1n) is 8.29. The highest BCUT2D eigenvalue weighted by Crippen LogP contribution is 2.29. The van der Waals surface area contributed by atoms with Gasteiger partial charge in [0.25, 0.3) is 17.2 Å². The topological polar surface area (TPSA) is 142 Å². The standard InChI is InChI=1S/C17H18N4O6/c1-10-2-5-13(27-10)8-20(11-3-4-11)15(22)9-19-7-12(21(25)26)6-14(16(18)23)17(19)24/h2,5-7,11H,3-4,8-9H2,1H3,(H2,18,23). The number of carbonyl (C=O) groups is 2. The summed E-state index contributed by atoms with van der Waals surface area (Å²) in [6.45, 7) is 1.60. The lowest BCUT2D eigenvalue weighted by molar-refractivity contribution is -0.385. The van der Waals surface area contributed by atoms with Crippen molar-refractivity contribution in [3.63, 3.8) is 0 Å². The molecule has 3 rings (SSSR count). The third-order valence-electron chi connectivity index (χ3n) is 4.28. The fraction of sp³-hybridized carbons (Fsp3) is 0.353. The van der Waals surface area contributed by atoms with E-state index < -0.39 is 40.1 Å². The Hall–Kier alpha value is -3.43. The van der Waals surface area contributed by atoms with Gasteiger partial charge < -0.3 is 15.1 Å². The fourth-order valence-electron chi connectivity index (χ4n) is 2.80. The first kappa shape index (κ1) is 18.4. The fourth-order valence-corrected chi connectivity index (χ4v) is 2.80. The molecular formula is C17H18N4O6. The van der Waals surface area contributed by atoms with Crippen LogP contribution in [-0.2, 0) is 17.9 Å². The molecule has 0 aliphatic heterocycles. The molecule has 10 heteroatoms. The van der Waals surface area contributed by atoms with Gasteiger partial charge in [0.2, 0.25) is 5.91 Å². The maximum absolute atomic E-state index is 12.8. The molecule has 1 aliphatic carbocycles. The van der Waals surface area contributed by atoms with Crippen molar-refractivity contribution in [1.82, 2.24) is 9.47 Å². The Bertz CT molecular complexity index is 972. The number of carbonyl (C=O) groups excluding carboxylic acids is 2. The average molecular weight is 374 g/mol. The normalized spacial score (nSPS) is 13.4. The van der Waals surface area contributed by atoms with Crippen LogP contribution in [0.5, 0.6) is 0 Å². The van der Waals surface area contributed by atoms with Crippen molar-refractivity contribution in [2.75, 3.05) is 0 Å². The molecule has 1 saturated carbocycles. The second kappa shape index (κ2) is 7.06. The zero-order valence-electron chi connectivity index (χ0n) is 14.6. The molecule has 2 aromatic heterocycles. The molecule has 0 spiro atoms. The number of nitrogens with zero attached hydrogens (tertiary/aromatic N) is 3. The summed E-state index contributed by atoms with van der Waals surface area (Å²) in [5.41, 5.74) is 3.26. The molecule has 0 radical (unpaired) electrons. The van der Waals surface area contributed by atoms with E-state index >= 15 is 0 Å². The maximum Gasteiger partial charge on any atom is 0.286 e. The van der Waals surface area contributed by atoms with E-state index in [1.54, 1.807) is 24.0 Å². The second-order valence-corrected chi connectivity index (χ2v) is 6.43. The Labute approximate surface area is 153 Å². The van der Waals surface area contributed by atoms with Crippen LogP contribution in [0.1, 0.15) is 34.7 Å². The molecule has 10 nitrogen and oxygen atoms in total. The highest BCUT2D eigenvalue weighted by Gasteiger charge is 2.33. The molecule has 1 fully saturated rings. The van der Waals surface area contributed by atoms with Crippen LogP contribution in [-0.4, -0.2) is 32.2 Å². The lowest BCUT2D eigenvalue weighted by atomic mass is 10.2. The van der Waals surface area contributed by atoms with Gasteiger partial charge in [-0.1, -0.05) is 0 Å². The number of aromatic nitrogens is 1. The first-order chi connectivity index (χ1) is 12.8. The van der Waals surface area contributed by atoms with Crippen molar-refractivity contribution in [3.8, 4) is 0 Å². The summed E-state index contributed by atoms with van der Waals surface area (Å²) in [4.78, 5) is 48.4. The number of furan rings is 1. The van der Waals surface area contributed by atoms with Gasteiger partial charge in [-0.3, -0.25) is 29.1 Å². The maximum atomic E-state index is 12.8. The zero-order valence-corrected chi connectivity index (χ0v) is 14.6. The minimum Gasteiger partial charge on any atom is -0.464 e. The van der Waals surface area contributed by atoms with E-state index in [-0.39, 0.29) is 12.6 Å². The smallest absolute Gasteiger partial charge is 0.286 e. The predicted molar refractivity (Wildman–Crippen MR) is 92.9 cm³/mol. The summed E-state index contributed by atoms with van der Waals surface area (Å²) in [7, 11) is 0.